The summed E-state index contributed by atoms with van der Waals surface area (Å²) in [6, 6.07) is 0. The van der Waals surface area contributed by atoms with E-state index in [0.717, 1.165) is 31.9 Å². The van der Waals surface area contributed by atoms with Crippen LogP contribution in [0.3, 0.4) is 0 Å². The fraction of sp³-hybridized carbons (Fsp3) is 0. The van der Waals surface area contributed by atoms with E-state index in [0.29, 0.717) is 0 Å². The molecule has 0 atom stereocenters. The van der Waals surface area contributed by atoms with Crippen molar-refractivity contribution in [1.29, 1.82) is 0 Å². The van der Waals surface area contributed by atoms with Gasteiger partial charge < -0.3 is 14.4 Å². The molecule has 0 aromatic carbocycles. The van der Waals surface area contributed by atoms with Crippen molar-refractivity contribution in [2.24, 2.45) is 9.55 Å². The average molecular weight is 404 g/mol. The van der Waals surface area contributed by atoms with Gasteiger partial charge in [0, 0.05) is 24.8 Å². The summed E-state index contributed by atoms with van der Waals surface area (Å²) < 4.78 is 26.0. The van der Waals surface area contributed by atoms with Gasteiger partial charge in [0.25, 0.3) is 6.08 Å². The van der Waals surface area contributed by atoms with Crippen LogP contribution in [0.2, 0.25) is 0 Å². The first-order chi connectivity index (χ1) is 7.41. The van der Waals surface area contributed by atoms with Crippen molar-refractivity contribution in [1.82, 2.24) is 0 Å². The number of rotatable bonds is 6. The molecule has 0 aromatic heterocycles. The Morgan fingerprint density at radius 1 is 1.17 bits per heavy atom. The maximum absolute atomic E-state index is 10.1. The molecular formula is C2FK2N2O6PS4. The summed E-state index contributed by atoms with van der Waals surface area (Å²) in [6.07, 6.45) is 2.52. The number of nitrogens with zero attached hydrogens (tertiary/aromatic N) is 2. The van der Waals surface area contributed by atoms with Gasteiger partial charge in [0.1, 0.15) is 7.91 Å². The largest absolute Gasteiger partial charge is 1.00 e. The molecule has 0 N–H and O–H groups in total. The number of carbonyl (C=O) groups excluding carboxylic acids is 2. The maximum atomic E-state index is 10.1. The second-order valence-electron chi connectivity index (χ2n) is 1.15. The first kappa shape index (κ1) is 29.3. The second kappa shape index (κ2) is 22.6. The minimum Gasteiger partial charge on any atom is -0.786 e. The molecule has 0 aliphatic carbocycles. The van der Waals surface area contributed by atoms with Gasteiger partial charge in [0.2, 0.25) is 6.08 Å². The van der Waals surface area contributed by atoms with E-state index in [4.69, 9.17) is 14.4 Å². The Hall–Kier alpha value is 3.31. The van der Waals surface area contributed by atoms with E-state index in [9.17, 15) is 13.8 Å². The Morgan fingerprint density at radius 3 is 2.06 bits per heavy atom. The molecule has 0 aromatic rings. The Labute approximate surface area is 202 Å². The fourth-order valence-electron chi connectivity index (χ4n) is 0.0970. The summed E-state index contributed by atoms with van der Waals surface area (Å²) >= 11 is 0.868. The normalized spacial score (nSPS) is 7.94. The topological polar surface area (TPSA) is 131 Å². The van der Waals surface area contributed by atoms with Crippen molar-refractivity contribution in [3.05, 3.63) is 0 Å². The monoisotopic (exact) mass is 404 g/mol. The number of halogens is 1. The van der Waals surface area contributed by atoms with Crippen molar-refractivity contribution in [3.63, 3.8) is 0 Å². The molecule has 0 saturated carbocycles. The standard InChI is InChI=1S/C2N2O3S4.FH2O3P.2K/c5-1-3-7-9-11-10-8-4-2-6;1-5(2,3)4;;/h;(H2,2,3,4);;/q;;2*+1/p-2. The molecular weight excluding hydrogens is 404 g/mol. The van der Waals surface area contributed by atoms with E-state index in [-0.39, 0.29) is 103 Å². The molecule has 0 heterocycles. The van der Waals surface area contributed by atoms with Gasteiger partial charge in [0.15, 0.2) is 11.1 Å². The van der Waals surface area contributed by atoms with E-state index in [1.807, 2.05) is 0 Å². The molecule has 0 radical (unpaired) electrons. The van der Waals surface area contributed by atoms with Crippen LogP contribution in [-0.4, -0.2) is 12.2 Å². The molecule has 0 aliphatic heterocycles. The summed E-state index contributed by atoms with van der Waals surface area (Å²) in [7, 11) is -2.35. The molecule has 8 nitrogen and oxygen atoms in total. The van der Waals surface area contributed by atoms with Crippen LogP contribution in [0, 0.1) is 0 Å². The molecule has 0 unspecified atom stereocenters. The van der Waals surface area contributed by atoms with Gasteiger partial charge in [-0.05, 0) is 0 Å². The van der Waals surface area contributed by atoms with Crippen LogP contribution in [0.15, 0.2) is 9.55 Å². The van der Waals surface area contributed by atoms with Gasteiger partial charge in [-0.25, -0.2) is 13.8 Å². The van der Waals surface area contributed by atoms with Crippen molar-refractivity contribution >= 4 is 61.8 Å². The first-order valence-corrected chi connectivity index (χ1v) is 8.74. The van der Waals surface area contributed by atoms with E-state index in [1.165, 1.54) is 22.0 Å². The Bertz CT molecular complexity index is 292. The quantitative estimate of drug-likeness (QED) is 0.0487. The van der Waals surface area contributed by atoms with E-state index < -0.39 is 7.91 Å². The van der Waals surface area contributed by atoms with Gasteiger partial charge in [-0.2, -0.15) is 0 Å². The number of hydrogen-bond acceptors (Lipinski definition) is 12. The SMILES string of the molecule is O=C=NOSSSSN=C=O.O=P([O-])([O-])F.[K+].[K+]. The zero-order valence-electron chi connectivity index (χ0n) is 8.80. The van der Waals surface area contributed by atoms with Gasteiger partial charge in [0.05, 0.1) is 11.0 Å². The zero-order chi connectivity index (χ0) is 12.9. The van der Waals surface area contributed by atoms with Crippen LogP contribution in [0.25, 0.3) is 0 Å². The number of hydrogen-bond donors (Lipinski definition) is 0. The van der Waals surface area contributed by atoms with E-state index in [2.05, 4.69) is 13.8 Å². The number of isocyanates is 2. The predicted octanol–water partition coefficient (Wildman–Crippen LogP) is -5.11. The van der Waals surface area contributed by atoms with Gasteiger partial charge in [-0.3, -0.25) is 4.28 Å². The molecule has 16 heteroatoms. The second-order valence-corrected chi connectivity index (χ2v) is 7.02. The fourth-order valence-corrected chi connectivity index (χ4v) is 2.99. The third kappa shape index (κ3) is 50.6. The van der Waals surface area contributed by atoms with Gasteiger partial charge >= 0.3 is 103 Å². The molecule has 0 bridgehead atoms. The third-order valence-electron chi connectivity index (χ3n) is 0.265. The summed E-state index contributed by atoms with van der Waals surface area (Å²) in [4.78, 5) is 35.8. The van der Waals surface area contributed by atoms with Crippen LogP contribution in [0.5, 0.6) is 0 Å². The van der Waals surface area contributed by atoms with E-state index in [1.54, 1.807) is 0 Å². The molecule has 0 saturated heterocycles. The molecule has 0 aliphatic rings. The smallest absolute Gasteiger partial charge is 0.786 e. The van der Waals surface area contributed by atoms with Crippen LogP contribution < -0.4 is 113 Å². The van der Waals surface area contributed by atoms with Crippen LogP contribution >= 0.6 is 49.6 Å². The summed E-state index contributed by atoms with van der Waals surface area (Å²) in [6.45, 7) is 0. The zero-order valence-corrected chi connectivity index (χ0v) is 19.2. The minimum atomic E-state index is -5.64. The van der Waals surface area contributed by atoms with Gasteiger partial charge in [-0.1, -0.05) is 0 Å². The summed E-state index contributed by atoms with van der Waals surface area (Å²) in [5.74, 6) is 0. The van der Waals surface area contributed by atoms with Crippen LogP contribution in [0.4, 0.5) is 4.20 Å². The minimum absolute atomic E-state index is 0. The molecule has 0 rings (SSSR count). The summed E-state index contributed by atoms with van der Waals surface area (Å²) in [5.41, 5.74) is 0. The Balaban J connectivity index is -0.000000122. The molecule has 18 heavy (non-hydrogen) atoms. The van der Waals surface area contributed by atoms with Crippen molar-refractivity contribution in [2.75, 3.05) is 0 Å². The van der Waals surface area contributed by atoms with Crippen LogP contribution in [0.1, 0.15) is 0 Å². The Morgan fingerprint density at radius 2 is 1.67 bits per heavy atom. The molecule has 92 valence electrons. The van der Waals surface area contributed by atoms with Crippen molar-refractivity contribution in [2.45, 2.75) is 0 Å². The molecule has 0 spiro atoms. The van der Waals surface area contributed by atoms with Crippen molar-refractivity contribution < 1.29 is 135 Å². The van der Waals surface area contributed by atoms with Crippen LogP contribution in [-0.2, 0) is 18.4 Å². The Kier molecular flexibility index (Phi) is 36.8. The average Bonchev–Trinajstić information content (AvgIpc) is 2.14. The predicted molar refractivity (Wildman–Crippen MR) is 56.4 cm³/mol. The van der Waals surface area contributed by atoms with E-state index >= 15 is 0 Å². The maximum Gasteiger partial charge on any atom is 1.00 e. The van der Waals surface area contributed by atoms with Gasteiger partial charge in [-0.15, -0.1) is 4.40 Å². The molecule has 0 amide bonds. The summed E-state index contributed by atoms with van der Waals surface area (Å²) in [5, 5.41) is 2.80. The van der Waals surface area contributed by atoms with Crippen molar-refractivity contribution in [3.8, 4) is 0 Å². The first-order valence-electron chi connectivity index (χ1n) is 2.60. The molecule has 0 fully saturated rings. The third-order valence-corrected chi connectivity index (χ3v) is 4.69.